The standard InChI is InChI=1S/C12H15NO2S/c1-3-11-8-9-13(11)16(14,15)12-6-4-10(2)5-7-12/h3-7,11H,1,8-9H2,2H3. The molecule has 4 heteroatoms. The number of rotatable bonds is 3. The molecule has 1 aromatic carbocycles. The van der Waals surface area contributed by atoms with E-state index >= 15 is 0 Å². The van der Waals surface area contributed by atoms with Gasteiger partial charge in [0.05, 0.1) is 4.90 Å². The van der Waals surface area contributed by atoms with Crippen LogP contribution in [0.15, 0.2) is 41.8 Å². The molecule has 1 saturated heterocycles. The van der Waals surface area contributed by atoms with E-state index in [2.05, 4.69) is 6.58 Å². The Hall–Kier alpha value is -1.13. The molecule has 0 aliphatic carbocycles. The van der Waals surface area contributed by atoms with Crippen molar-refractivity contribution < 1.29 is 8.42 Å². The van der Waals surface area contributed by atoms with Crippen LogP contribution in [0.1, 0.15) is 12.0 Å². The van der Waals surface area contributed by atoms with Gasteiger partial charge in [0, 0.05) is 12.6 Å². The van der Waals surface area contributed by atoms with Gasteiger partial charge >= 0.3 is 0 Å². The van der Waals surface area contributed by atoms with Crippen molar-refractivity contribution in [2.75, 3.05) is 6.54 Å². The Bertz CT molecular complexity index is 490. The zero-order chi connectivity index (χ0) is 11.8. The fourth-order valence-corrected chi connectivity index (χ4v) is 3.41. The van der Waals surface area contributed by atoms with E-state index in [4.69, 9.17) is 0 Å². The van der Waals surface area contributed by atoms with Gasteiger partial charge in [-0.1, -0.05) is 23.8 Å². The highest BCUT2D eigenvalue weighted by atomic mass is 32.2. The van der Waals surface area contributed by atoms with E-state index in [1.807, 2.05) is 19.1 Å². The van der Waals surface area contributed by atoms with Gasteiger partial charge in [-0.2, -0.15) is 4.31 Å². The second-order valence-electron chi connectivity index (χ2n) is 4.02. The van der Waals surface area contributed by atoms with E-state index in [1.165, 1.54) is 4.31 Å². The number of hydrogen-bond acceptors (Lipinski definition) is 2. The Morgan fingerprint density at radius 2 is 2.00 bits per heavy atom. The first kappa shape index (κ1) is 11.4. The molecule has 1 heterocycles. The lowest BCUT2D eigenvalue weighted by Gasteiger charge is -2.37. The molecular formula is C12H15NO2S. The van der Waals surface area contributed by atoms with Gasteiger partial charge in [-0.3, -0.25) is 0 Å². The van der Waals surface area contributed by atoms with Gasteiger partial charge < -0.3 is 0 Å². The molecular weight excluding hydrogens is 222 g/mol. The fraction of sp³-hybridized carbons (Fsp3) is 0.333. The maximum atomic E-state index is 12.2. The molecule has 1 fully saturated rings. The maximum absolute atomic E-state index is 12.2. The van der Waals surface area contributed by atoms with Crippen molar-refractivity contribution in [2.45, 2.75) is 24.3 Å². The van der Waals surface area contributed by atoms with Gasteiger partial charge in [0.1, 0.15) is 0 Å². The number of nitrogens with zero attached hydrogens (tertiary/aromatic N) is 1. The van der Waals surface area contributed by atoms with Gasteiger partial charge in [-0.15, -0.1) is 6.58 Å². The minimum atomic E-state index is -3.32. The first-order valence-electron chi connectivity index (χ1n) is 5.27. The van der Waals surface area contributed by atoms with Crippen molar-refractivity contribution >= 4 is 10.0 Å². The topological polar surface area (TPSA) is 37.4 Å². The summed E-state index contributed by atoms with van der Waals surface area (Å²) in [6, 6.07) is 6.91. The Labute approximate surface area is 96.4 Å². The molecule has 0 saturated carbocycles. The molecule has 0 radical (unpaired) electrons. The van der Waals surface area contributed by atoms with Crippen LogP contribution in [0.25, 0.3) is 0 Å². The normalized spacial score (nSPS) is 21.4. The summed E-state index contributed by atoms with van der Waals surface area (Å²) < 4.78 is 25.8. The Balaban J connectivity index is 2.32. The van der Waals surface area contributed by atoms with E-state index in [9.17, 15) is 8.42 Å². The van der Waals surface area contributed by atoms with Crippen molar-refractivity contribution in [2.24, 2.45) is 0 Å². The largest absolute Gasteiger partial charge is 0.243 e. The lowest BCUT2D eigenvalue weighted by molar-refractivity contribution is 0.243. The van der Waals surface area contributed by atoms with E-state index in [0.29, 0.717) is 11.4 Å². The molecule has 0 N–H and O–H groups in total. The summed E-state index contributed by atoms with van der Waals surface area (Å²) in [6.45, 7) is 6.18. The van der Waals surface area contributed by atoms with Crippen molar-refractivity contribution in [3.05, 3.63) is 42.5 Å². The summed E-state index contributed by atoms with van der Waals surface area (Å²) in [5.74, 6) is 0. The monoisotopic (exact) mass is 237 g/mol. The van der Waals surface area contributed by atoms with Crippen LogP contribution < -0.4 is 0 Å². The number of aryl methyl sites for hydroxylation is 1. The molecule has 16 heavy (non-hydrogen) atoms. The zero-order valence-electron chi connectivity index (χ0n) is 9.26. The predicted octanol–water partition coefficient (Wildman–Crippen LogP) is 1.94. The molecule has 86 valence electrons. The van der Waals surface area contributed by atoms with Gasteiger partial charge in [0.2, 0.25) is 10.0 Å². The van der Waals surface area contributed by atoms with Crippen molar-refractivity contribution in [1.29, 1.82) is 0 Å². The molecule has 2 rings (SSSR count). The summed E-state index contributed by atoms with van der Waals surface area (Å²) in [6.07, 6.45) is 2.56. The molecule has 1 aromatic rings. The van der Waals surface area contributed by atoms with Crippen molar-refractivity contribution in [1.82, 2.24) is 4.31 Å². The minimum absolute atomic E-state index is 0.0358. The molecule has 0 spiro atoms. The molecule has 1 atom stereocenters. The number of benzene rings is 1. The summed E-state index contributed by atoms with van der Waals surface area (Å²) >= 11 is 0. The van der Waals surface area contributed by atoms with Gasteiger partial charge in [-0.25, -0.2) is 8.42 Å². The summed E-state index contributed by atoms with van der Waals surface area (Å²) in [5, 5.41) is 0. The van der Waals surface area contributed by atoms with Crippen LogP contribution in [0.4, 0.5) is 0 Å². The van der Waals surface area contributed by atoms with Crippen LogP contribution in [-0.4, -0.2) is 25.3 Å². The average Bonchev–Trinajstić information content (AvgIpc) is 2.16. The molecule has 0 bridgehead atoms. The molecule has 0 aromatic heterocycles. The van der Waals surface area contributed by atoms with Crippen LogP contribution in [0.5, 0.6) is 0 Å². The Morgan fingerprint density at radius 3 is 2.44 bits per heavy atom. The molecule has 1 unspecified atom stereocenters. The third kappa shape index (κ3) is 1.79. The van der Waals surface area contributed by atoms with Crippen molar-refractivity contribution in [3.63, 3.8) is 0 Å². The van der Waals surface area contributed by atoms with E-state index < -0.39 is 10.0 Å². The van der Waals surface area contributed by atoms with Gasteiger partial charge in [0.25, 0.3) is 0 Å². The second kappa shape index (κ2) is 4.03. The third-order valence-corrected chi connectivity index (χ3v) is 4.85. The van der Waals surface area contributed by atoms with Crippen LogP contribution in [0.2, 0.25) is 0 Å². The first-order valence-corrected chi connectivity index (χ1v) is 6.71. The highest BCUT2D eigenvalue weighted by Crippen LogP contribution is 2.27. The highest BCUT2D eigenvalue weighted by molar-refractivity contribution is 7.89. The smallest absolute Gasteiger partial charge is 0.207 e. The Kier molecular flexibility index (Phi) is 2.86. The summed E-state index contributed by atoms with van der Waals surface area (Å²) in [4.78, 5) is 0.365. The predicted molar refractivity (Wildman–Crippen MR) is 63.7 cm³/mol. The van der Waals surface area contributed by atoms with Gasteiger partial charge in [0.15, 0.2) is 0 Å². The second-order valence-corrected chi connectivity index (χ2v) is 5.91. The number of sulfonamides is 1. The highest BCUT2D eigenvalue weighted by Gasteiger charge is 2.36. The third-order valence-electron chi connectivity index (χ3n) is 2.91. The summed E-state index contributed by atoms with van der Waals surface area (Å²) in [5.41, 5.74) is 1.06. The summed E-state index contributed by atoms with van der Waals surface area (Å²) in [7, 11) is -3.32. The zero-order valence-corrected chi connectivity index (χ0v) is 10.1. The Morgan fingerprint density at radius 1 is 1.38 bits per heavy atom. The molecule has 1 aliphatic heterocycles. The number of hydrogen-bond donors (Lipinski definition) is 0. The van der Waals surface area contributed by atoms with E-state index in [0.717, 1.165) is 12.0 Å². The van der Waals surface area contributed by atoms with E-state index in [-0.39, 0.29) is 6.04 Å². The van der Waals surface area contributed by atoms with Crippen LogP contribution in [0, 0.1) is 6.92 Å². The molecule has 0 amide bonds. The average molecular weight is 237 g/mol. The lowest BCUT2D eigenvalue weighted by Crippen LogP contribution is -2.49. The van der Waals surface area contributed by atoms with Crippen LogP contribution in [-0.2, 0) is 10.0 Å². The van der Waals surface area contributed by atoms with E-state index in [1.54, 1.807) is 18.2 Å². The maximum Gasteiger partial charge on any atom is 0.243 e. The SMILES string of the molecule is C=CC1CCN1S(=O)(=O)c1ccc(C)cc1. The molecule has 3 nitrogen and oxygen atoms in total. The lowest BCUT2D eigenvalue weighted by atomic mass is 10.1. The van der Waals surface area contributed by atoms with Crippen molar-refractivity contribution in [3.8, 4) is 0 Å². The first-order chi connectivity index (χ1) is 7.55. The quantitative estimate of drug-likeness (QED) is 0.753. The fourth-order valence-electron chi connectivity index (χ4n) is 1.76. The molecule has 1 aliphatic rings. The van der Waals surface area contributed by atoms with Crippen LogP contribution >= 0.6 is 0 Å². The van der Waals surface area contributed by atoms with Gasteiger partial charge in [-0.05, 0) is 25.5 Å². The van der Waals surface area contributed by atoms with Crippen LogP contribution in [0.3, 0.4) is 0 Å². The minimum Gasteiger partial charge on any atom is -0.207 e.